The van der Waals surface area contributed by atoms with Gasteiger partial charge >= 0.3 is 0 Å². The van der Waals surface area contributed by atoms with Gasteiger partial charge in [0.15, 0.2) is 0 Å². The molecule has 0 fully saturated rings. The molecule has 84 valence electrons. The van der Waals surface area contributed by atoms with E-state index in [1.807, 2.05) is 24.3 Å². The molecule has 0 amide bonds. The number of nitrogen functional groups attached to an aromatic ring is 1. The second kappa shape index (κ2) is 6.30. The van der Waals surface area contributed by atoms with Gasteiger partial charge in [0.05, 0.1) is 18.0 Å². The van der Waals surface area contributed by atoms with E-state index >= 15 is 0 Å². The highest BCUT2D eigenvalue weighted by Crippen LogP contribution is 2.22. The molecule has 1 rings (SSSR count). The van der Waals surface area contributed by atoms with Gasteiger partial charge in [-0.2, -0.15) is 0 Å². The summed E-state index contributed by atoms with van der Waals surface area (Å²) >= 11 is 0. The van der Waals surface area contributed by atoms with Crippen LogP contribution in [0.25, 0.3) is 0 Å². The summed E-state index contributed by atoms with van der Waals surface area (Å²) in [6, 6.07) is 7.80. The maximum Gasteiger partial charge on any atom is 0.0606 e. The van der Waals surface area contributed by atoms with Gasteiger partial charge in [0.2, 0.25) is 0 Å². The van der Waals surface area contributed by atoms with Crippen molar-refractivity contribution in [3.63, 3.8) is 0 Å². The van der Waals surface area contributed by atoms with Gasteiger partial charge in [0.1, 0.15) is 0 Å². The molecule has 0 saturated carbocycles. The topological polar surface area (TPSA) is 49.5 Å². The fourth-order valence-corrected chi connectivity index (χ4v) is 1.60. The van der Waals surface area contributed by atoms with E-state index in [0.29, 0.717) is 6.54 Å². The molecule has 3 nitrogen and oxygen atoms in total. The number of unbranched alkanes of at least 4 members (excludes halogenated alkanes) is 1. The molecule has 0 radical (unpaired) electrons. The van der Waals surface area contributed by atoms with Crippen molar-refractivity contribution in [1.29, 1.82) is 0 Å². The lowest BCUT2D eigenvalue weighted by Crippen LogP contribution is -2.28. The quantitative estimate of drug-likeness (QED) is 0.702. The van der Waals surface area contributed by atoms with Gasteiger partial charge in [0.25, 0.3) is 0 Å². The molecule has 3 heteroatoms. The van der Waals surface area contributed by atoms with Gasteiger partial charge in [-0.3, -0.25) is 0 Å². The molecule has 0 saturated heterocycles. The maximum absolute atomic E-state index is 9.01. The smallest absolute Gasteiger partial charge is 0.0606 e. The Balaban J connectivity index is 2.74. The minimum absolute atomic E-state index is 0.165. The molecular weight excluding hydrogens is 188 g/mol. The Morgan fingerprint density at radius 3 is 2.60 bits per heavy atom. The zero-order valence-corrected chi connectivity index (χ0v) is 9.32. The summed E-state index contributed by atoms with van der Waals surface area (Å²) in [5.74, 6) is 0. The Morgan fingerprint density at radius 1 is 1.27 bits per heavy atom. The van der Waals surface area contributed by atoms with Crippen LogP contribution in [0.5, 0.6) is 0 Å². The number of aliphatic hydroxyl groups excluding tert-OH is 1. The molecule has 3 N–H and O–H groups in total. The van der Waals surface area contributed by atoms with E-state index in [1.165, 1.54) is 0 Å². The molecule has 0 unspecified atom stereocenters. The van der Waals surface area contributed by atoms with E-state index in [-0.39, 0.29) is 6.61 Å². The summed E-state index contributed by atoms with van der Waals surface area (Å²) in [6.07, 6.45) is 2.27. The molecule has 0 aliphatic carbocycles. The van der Waals surface area contributed by atoms with Crippen molar-refractivity contribution < 1.29 is 5.11 Å². The number of nitrogens with zero attached hydrogens (tertiary/aromatic N) is 1. The van der Waals surface area contributed by atoms with Crippen molar-refractivity contribution in [3.8, 4) is 0 Å². The van der Waals surface area contributed by atoms with Crippen LogP contribution in [0.2, 0.25) is 0 Å². The Bertz CT molecular complexity index is 289. The van der Waals surface area contributed by atoms with Crippen molar-refractivity contribution in [2.24, 2.45) is 0 Å². The highest BCUT2D eigenvalue weighted by atomic mass is 16.3. The second-order valence-corrected chi connectivity index (χ2v) is 3.62. The standard InChI is InChI=1S/C12H20N2O/c1-2-3-8-14(9-10-15)12-7-5-4-6-11(12)13/h4-7,15H,2-3,8-10,13H2,1H3. The van der Waals surface area contributed by atoms with E-state index in [1.54, 1.807) is 0 Å². The van der Waals surface area contributed by atoms with Crippen molar-refractivity contribution in [3.05, 3.63) is 24.3 Å². The van der Waals surface area contributed by atoms with E-state index < -0.39 is 0 Å². The molecule has 0 heterocycles. The lowest BCUT2D eigenvalue weighted by molar-refractivity contribution is 0.301. The molecule has 15 heavy (non-hydrogen) atoms. The first-order chi connectivity index (χ1) is 7.29. The van der Waals surface area contributed by atoms with Crippen molar-refractivity contribution in [1.82, 2.24) is 0 Å². The van der Waals surface area contributed by atoms with E-state index in [9.17, 15) is 0 Å². The third-order valence-corrected chi connectivity index (χ3v) is 2.43. The van der Waals surface area contributed by atoms with Crippen LogP contribution in [-0.2, 0) is 0 Å². The monoisotopic (exact) mass is 208 g/mol. The van der Waals surface area contributed by atoms with E-state index in [0.717, 1.165) is 30.8 Å². The second-order valence-electron chi connectivity index (χ2n) is 3.62. The van der Waals surface area contributed by atoms with Crippen LogP contribution in [0.3, 0.4) is 0 Å². The lowest BCUT2D eigenvalue weighted by Gasteiger charge is -2.25. The molecule has 1 aromatic carbocycles. The number of rotatable bonds is 6. The van der Waals surface area contributed by atoms with Gasteiger partial charge in [-0.05, 0) is 18.6 Å². The fraction of sp³-hybridized carbons (Fsp3) is 0.500. The summed E-state index contributed by atoms with van der Waals surface area (Å²) in [5.41, 5.74) is 7.71. The molecule has 0 spiro atoms. The van der Waals surface area contributed by atoms with Gasteiger partial charge < -0.3 is 15.7 Å². The largest absolute Gasteiger partial charge is 0.397 e. The normalized spacial score (nSPS) is 10.3. The number of aliphatic hydroxyl groups is 1. The summed E-state index contributed by atoms with van der Waals surface area (Å²) in [6.45, 7) is 3.92. The number of anilines is 2. The van der Waals surface area contributed by atoms with Crippen molar-refractivity contribution in [2.45, 2.75) is 19.8 Å². The zero-order chi connectivity index (χ0) is 11.1. The van der Waals surface area contributed by atoms with Crippen LogP contribution in [0, 0.1) is 0 Å². The minimum atomic E-state index is 0.165. The lowest BCUT2D eigenvalue weighted by atomic mass is 10.2. The summed E-state index contributed by atoms with van der Waals surface area (Å²) in [7, 11) is 0. The first kappa shape index (κ1) is 11.9. The fourth-order valence-electron chi connectivity index (χ4n) is 1.60. The Labute approximate surface area is 91.5 Å². The zero-order valence-electron chi connectivity index (χ0n) is 9.32. The third-order valence-electron chi connectivity index (χ3n) is 2.43. The number of hydrogen-bond acceptors (Lipinski definition) is 3. The number of nitrogens with two attached hydrogens (primary N) is 1. The average molecular weight is 208 g/mol. The van der Waals surface area contributed by atoms with E-state index in [2.05, 4.69) is 11.8 Å². The predicted octanol–water partition coefficient (Wildman–Crippen LogP) is 1.87. The molecule has 0 bridgehead atoms. The molecule has 0 aromatic heterocycles. The first-order valence-electron chi connectivity index (χ1n) is 5.50. The van der Waals surface area contributed by atoms with E-state index in [4.69, 9.17) is 10.8 Å². The first-order valence-corrected chi connectivity index (χ1v) is 5.50. The molecule has 0 aliphatic rings. The van der Waals surface area contributed by atoms with Gasteiger partial charge in [-0.15, -0.1) is 0 Å². The van der Waals surface area contributed by atoms with Crippen LogP contribution < -0.4 is 10.6 Å². The maximum atomic E-state index is 9.01. The average Bonchev–Trinajstić information content (AvgIpc) is 2.25. The van der Waals surface area contributed by atoms with Crippen LogP contribution in [-0.4, -0.2) is 24.8 Å². The molecule has 0 atom stereocenters. The van der Waals surface area contributed by atoms with Crippen molar-refractivity contribution in [2.75, 3.05) is 30.3 Å². The Kier molecular flexibility index (Phi) is 4.98. The number of para-hydroxylation sites is 2. The molecule has 0 aliphatic heterocycles. The minimum Gasteiger partial charge on any atom is -0.397 e. The van der Waals surface area contributed by atoms with Crippen LogP contribution >= 0.6 is 0 Å². The third kappa shape index (κ3) is 3.44. The summed E-state index contributed by atoms with van der Waals surface area (Å²) in [5, 5.41) is 9.01. The van der Waals surface area contributed by atoms with Gasteiger partial charge in [-0.25, -0.2) is 0 Å². The number of benzene rings is 1. The van der Waals surface area contributed by atoms with Crippen molar-refractivity contribution >= 4 is 11.4 Å². The number of hydrogen-bond donors (Lipinski definition) is 2. The molecule has 1 aromatic rings. The predicted molar refractivity (Wildman–Crippen MR) is 65.1 cm³/mol. The van der Waals surface area contributed by atoms with Crippen LogP contribution in [0.1, 0.15) is 19.8 Å². The highest BCUT2D eigenvalue weighted by Gasteiger charge is 2.07. The van der Waals surface area contributed by atoms with Gasteiger partial charge in [-0.1, -0.05) is 25.5 Å². The van der Waals surface area contributed by atoms with Crippen LogP contribution in [0.15, 0.2) is 24.3 Å². The Morgan fingerprint density at radius 2 is 2.00 bits per heavy atom. The SMILES string of the molecule is CCCCN(CCO)c1ccccc1N. The summed E-state index contributed by atoms with van der Waals surface area (Å²) < 4.78 is 0. The van der Waals surface area contributed by atoms with Crippen LogP contribution in [0.4, 0.5) is 11.4 Å². The van der Waals surface area contributed by atoms with Gasteiger partial charge in [0, 0.05) is 13.1 Å². The Hall–Kier alpha value is -1.22. The summed E-state index contributed by atoms with van der Waals surface area (Å²) in [4.78, 5) is 2.14. The molecular formula is C12H20N2O. The highest BCUT2D eigenvalue weighted by molar-refractivity contribution is 5.67.